The molecule has 0 unspecified atom stereocenters. The van der Waals surface area contributed by atoms with Crippen LogP contribution < -0.4 is 19.5 Å². The van der Waals surface area contributed by atoms with Gasteiger partial charge in [-0.25, -0.2) is 0 Å². The topological polar surface area (TPSA) is 56.8 Å². The zero-order valence-electron chi connectivity index (χ0n) is 18.7. The Bertz CT molecular complexity index is 1020. The molecule has 0 spiro atoms. The van der Waals surface area contributed by atoms with Gasteiger partial charge in [0.1, 0.15) is 23.9 Å². The molecule has 3 aromatic rings. The Morgan fingerprint density at radius 1 is 0.839 bits per heavy atom. The largest absolute Gasteiger partial charge is 0.497 e. The van der Waals surface area contributed by atoms with E-state index < -0.39 is 0 Å². The van der Waals surface area contributed by atoms with Crippen molar-refractivity contribution in [3.8, 4) is 17.2 Å². The third-order valence-electron chi connectivity index (χ3n) is 5.00. The monoisotopic (exact) mass is 419 g/mol. The van der Waals surface area contributed by atoms with Crippen LogP contribution in [-0.4, -0.2) is 20.1 Å². The fraction of sp³-hybridized carbons (Fsp3) is 0.269. The Labute approximate surface area is 184 Å². The van der Waals surface area contributed by atoms with E-state index in [1.54, 1.807) is 44.6 Å². The third-order valence-corrected chi connectivity index (χ3v) is 5.00. The summed E-state index contributed by atoms with van der Waals surface area (Å²) in [5, 5.41) is 2.87. The van der Waals surface area contributed by atoms with Gasteiger partial charge >= 0.3 is 0 Å². The van der Waals surface area contributed by atoms with E-state index in [-0.39, 0.29) is 11.3 Å². The highest BCUT2D eigenvalue weighted by Gasteiger charge is 2.13. The molecule has 0 bridgehead atoms. The molecule has 0 radical (unpaired) electrons. The van der Waals surface area contributed by atoms with Gasteiger partial charge in [0.2, 0.25) is 0 Å². The number of hydrogen-bond acceptors (Lipinski definition) is 4. The van der Waals surface area contributed by atoms with Crippen LogP contribution >= 0.6 is 0 Å². The van der Waals surface area contributed by atoms with Crippen LogP contribution in [0.15, 0.2) is 66.7 Å². The van der Waals surface area contributed by atoms with Crippen LogP contribution in [0.1, 0.15) is 42.3 Å². The molecule has 3 rings (SSSR count). The van der Waals surface area contributed by atoms with Crippen molar-refractivity contribution in [2.75, 3.05) is 19.5 Å². The molecule has 0 saturated carbocycles. The maximum absolute atomic E-state index is 12.6. The number of benzene rings is 3. The Kier molecular flexibility index (Phi) is 6.85. The first-order valence-corrected chi connectivity index (χ1v) is 10.2. The standard InChI is InChI=1S/C26H29NO4/c1-26(2,3)20-10-12-21(13-11-20)31-17-18-6-8-19(9-7-18)25(28)27-23-16-22(29-4)14-15-24(23)30-5/h6-16H,17H2,1-5H3,(H,27,28). The second kappa shape index (κ2) is 9.56. The normalized spacial score (nSPS) is 11.0. The van der Waals surface area contributed by atoms with Crippen molar-refractivity contribution in [3.05, 3.63) is 83.4 Å². The first-order valence-electron chi connectivity index (χ1n) is 10.2. The van der Waals surface area contributed by atoms with Crippen molar-refractivity contribution in [2.45, 2.75) is 32.8 Å². The molecule has 0 saturated heterocycles. The summed E-state index contributed by atoms with van der Waals surface area (Å²) in [5.74, 6) is 1.80. The average Bonchev–Trinajstić information content (AvgIpc) is 2.77. The second-order valence-corrected chi connectivity index (χ2v) is 8.28. The van der Waals surface area contributed by atoms with Crippen molar-refractivity contribution in [1.29, 1.82) is 0 Å². The second-order valence-electron chi connectivity index (χ2n) is 8.28. The van der Waals surface area contributed by atoms with E-state index in [0.29, 0.717) is 29.4 Å². The van der Waals surface area contributed by atoms with Crippen molar-refractivity contribution < 1.29 is 19.0 Å². The molecule has 31 heavy (non-hydrogen) atoms. The Morgan fingerprint density at radius 2 is 1.48 bits per heavy atom. The van der Waals surface area contributed by atoms with Gasteiger partial charge in [0.25, 0.3) is 5.91 Å². The minimum atomic E-state index is -0.225. The Hall–Kier alpha value is -3.47. The highest BCUT2D eigenvalue weighted by molar-refractivity contribution is 6.05. The summed E-state index contributed by atoms with van der Waals surface area (Å²) in [6.07, 6.45) is 0. The van der Waals surface area contributed by atoms with Crippen LogP contribution in [0.5, 0.6) is 17.2 Å². The van der Waals surface area contributed by atoms with Crippen LogP contribution in [0.2, 0.25) is 0 Å². The number of hydrogen-bond donors (Lipinski definition) is 1. The zero-order valence-corrected chi connectivity index (χ0v) is 18.7. The lowest BCUT2D eigenvalue weighted by Gasteiger charge is -2.19. The summed E-state index contributed by atoms with van der Waals surface area (Å²) >= 11 is 0. The van der Waals surface area contributed by atoms with Crippen LogP contribution in [-0.2, 0) is 12.0 Å². The lowest BCUT2D eigenvalue weighted by atomic mass is 9.87. The molecule has 162 valence electrons. The van der Waals surface area contributed by atoms with Crippen LogP contribution in [0.3, 0.4) is 0 Å². The number of carbonyl (C=O) groups is 1. The molecule has 5 nitrogen and oxygen atoms in total. The molecule has 0 fully saturated rings. The molecule has 0 aliphatic heterocycles. The van der Waals surface area contributed by atoms with E-state index in [2.05, 4.69) is 38.2 Å². The summed E-state index contributed by atoms with van der Waals surface area (Å²) in [6, 6.07) is 20.8. The summed E-state index contributed by atoms with van der Waals surface area (Å²) in [5.41, 5.74) is 3.46. The molecule has 0 aliphatic rings. The summed E-state index contributed by atoms with van der Waals surface area (Å²) in [6.45, 7) is 6.99. The van der Waals surface area contributed by atoms with Gasteiger partial charge < -0.3 is 19.5 Å². The summed E-state index contributed by atoms with van der Waals surface area (Å²) in [4.78, 5) is 12.6. The van der Waals surface area contributed by atoms with Gasteiger partial charge in [-0.05, 0) is 52.9 Å². The van der Waals surface area contributed by atoms with Gasteiger partial charge in [-0.1, -0.05) is 45.0 Å². The minimum absolute atomic E-state index is 0.115. The number of nitrogens with one attached hydrogen (secondary N) is 1. The van der Waals surface area contributed by atoms with E-state index in [4.69, 9.17) is 14.2 Å². The van der Waals surface area contributed by atoms with Crippen LogP contribution in [0.4, 0.5) is 5.69 Å². The van der Waals surface area contributed by atoms with E-state index in [0.717, 1.165) is 11.3 Å². The van der Waals surface area contributed by atoms with Gasteiger partial charge in [0.15, 0.2) is 0 Å². The zero-order chi connectivity index (χ0) is 22.4. The fourth-order valence-corrected chi connectivity index (χ4v) is 3.08. The molecule has 0 atom stereocenters. The molecule has 0 aromatic heterocycles. The van der Waals surface area contributed by atoms with Crippen LogP contribution in [0, 0.1) is 0 Å². The number of carbonyl (C=O) groups excluding carboxylic acids is 1. The molecular formula is C26H29NO4. The third kappa shape index (κ3) is 5.79. The number of anilines is 1. The molecule has 3 aromatic carbocycles. The minimum Gasteiger partial charge on any atom is -0.497 e. The summed E-state index contributed by atoms with van der Waals surface area (Å²) < 4.78 is 16.4. The molecular weight excluding hydrogens is 390 g/mol. The van der Waals surface area contributed by atoms with E-state index >= 15 is 0 Å². The highest BCUT2D eigenvalue weighted by atomic mass is 16.5. The Morgan fingerprint density at radius 3 is 2.06 bits per heavy atom. The highest BCUT2D eigenvalue weighted by Crippen LogP contribution is 2.29. The first-order chi connectivity index (χ1) is 14.8. The van der Waals surface area contributed by atoms with Gasteiger partial charge in [0.05, 0.1) is 19.9 Å². The average molecular weight is 420 g/mol. The summed E-state index contributed by atoms with van der Waals surface area (Å²) in [7, 11) is 3.13. The van der Waals surface area contributed by atoms with Gasteiger partial charge in [0, 0.05) is 11.6 Å². The molecule has 5 heteroatoms. The SMILES string of the molecule is COc1ccc(OC)c(NC(=O)c2ccc(COc3ccc(C(C)(C)C)cc3)cc2)c1. The molecule has 0 heterocycles. The van der Waals surface area contributed by atoms with E-state index in [1.165, 1.54) is 5.56 Å². The number of ether oxygens (including phenoxy) is 3. The first kappa shape index (κ1) is 22.2. The number of methoxy groups -OCH3 is 2. The van der Waals surface area contributed by atoms with E-state index in [1.807, 2.05) is 24.3 Å². The maximum atomic E-state index is 12.6. The van der Waals surface area contributed by atoms with Gasteiger partial charge in [-0.15, -0.1) is 0 Å². The molecule has 0 aliphatic carbocycles. The fourth-order valence-electron chi connectivity index (χ4n) is 3.08. The predicted molar refractivity (Wildman–Crippen MR) is 123 cm³/mol. The van der Waals surface area contributed by atoms with Crippen molar-refractivity contribution in [1.82, 2.24) is 0 Å². The van der Waals surface area contributed by atoms with Gasteiger partial charge in [-0.3, -0.25) is 4.79 Å². The predicted octanol–water partition coefficient (Wildman–Crippen LogP) is 5.83. The molecule has 1 amide bonds. The Balaban J connectivity index is 1.62. The number of rotatable bonds is 7. The van der Waals surface area contributed by atoms with Crippen molar-refractivity contribution >= 4 is 11.6 Å². The lowest BCUT2D eigenvalue weighted by Crippen LogP contribution is -2.13. The smallest absolute Gasteiger partial charge is 0.255 e. The quantitative estimate of drug-likeness (QED) is 0.523. The lowest BCUT2D eigenvalue weighted by molar-refractivity contribution is 0.102. The molecule has 1 N–H and O–H groups in total. The van der Waals surface area contributed by atoms with Crippen LogP contribution in [0.25, 0.3) is 0 Å². The number of amides is 1. The van der Waals surface area contributed by atoms with Crippen molar-refractivity contribution in [2.24, 2.45) is 0 Å². The van der Waals surface area contributed by atoms with Gasteiger partial charge in [-0.2, -0.15) is 0 Å². The van der Waals surface area contributed by atoms with Crippen molar-refractivity contribution in [3.63, 3.8) is 0 Å². The van der Waals surface area contributed by atoms with E-state index in [9.17, 15) is 4.79 Å². The maximum Gasteiger partial charge on any atom is 0.255 e.